The van der Waals surface area contributed by atoms with Gasteiger partial charge in [0.15, 0.2) is 5.65 Å². The van der Waals surface area contributed by atoms with Gasteiger partial charge in [0.1, 0.15) is 0 Å². The SMILES string of the molecule is O=c1c2cnc3c(-c4ccccc4)cnn3c2ccn1CCS. The average Bonchev–Trinajstić information content (AvgIpc) is 3.02. The van der Waals surface area contributed by atoms with Crippen LogP contribution in [0.15, 0.2) is 59.8 Å². The zero-order valence-electron chi connectivity index (χ0n) is 12.3. The van der Waals surface area contributed by atoms with Gasteiger partial charge in [0, 0.05) is 30.3 Å². The van der Waals surface area contributed by atoms with Crippen molar-refractivity contribution in [1.29, 1.82) is 0 Å². The van der Waals surface area contributed by atoms with E-state index in [4.69, 9.17) is 0 Å². The highest BCUT2D eigenvalue weighted by Crippen LogP contribution is 2.24. The molecule has 0 aliphatic carbocycles. The quantitative estimate of drug-likeness (QED) is 0.590. The molecule has 3 heterocycles. The fraction of sp³-hybridized carbons (Fsp3) is 0.118. The maximum Gasteiger partial charge on any atom is 0.261 e. The highest BCUT2D eigenvalue weighted by molar-refractivity contribution is 7.80. The van der Waals surface area contributed by atoms with Crippen LogP contribution in [0.2, 0.25) is 0 Å². The van der Waals surface area contributed by atoms with E-state index in [-0.39, 0.29) is 5.56 Å². The largest absolute Gasteiger partial charge is 0.314 e. The molecule has 5 nitrogen and oxygen atoms in total. The van der Waals surface area contributed by atoms with Crippen LogP contribution in [-0.4, -0.2) is 24.9 Å². The molecule has 1 aromatic carbocycles. The van der Waals surface area contributed by atoms with Crippen molar-refractivity contribution in [3.8, 4) is 11.1 Å². The number of rotatable bonds is 3. The van der Waals surface area contributed by atoms with Crippen LogP contribution in [0.1, 0.15) is 0 Å². The molecule has 4 aromatic rings. The van der Waals surface area contributed by atoms with Crippen LogP contribution in [0.25, 0.3) is 27.7 Å². The van der Waals surface area contributed by atoms with Crippen LogP contribution in [0, 0.1) is 0 Å². The van der Waals surface area contributed by atoms with E-state index < -0.39 is 0 Å². The topological polar surface area (TPSA) is 52.2 Å². The van der Waals surface area contributed by atoms with Crippen molar-refractivity contribution in [3.63, 3.8) is 0 Å². The van der Waals surface area contributed by atoms with Crippen molar-refractivity contribution in [1.82, 2.24) is 19.2 Å². The van der Waals surface area contributed by atoms with Gasteiger partial charge in [-0.2, -0.15) is 17.7 Å². The molecule has 0 aliphatic rings. The van der Waals surface area contributed by atoms with Gasteiger partial charge in [-0.25, -0.2) is 9.50 Å². The third-order valence-corrected chi connectivity index (χ3v) is 4.09. The first-order valence-corrected chi connectivity index (χ1v) is 7.95. The molecule has 0 unspecified atom stereocenters. The summed E-state index contributed by atoms with van der Waals surface area (Å²) in [5.74, 6) is 0.612. The first-order valence-electron chi connectivity index (χ1n) is 7.32. The van der Waals surface area contributed by atoms with Gasteiger partial charge in [-0.3, -0.25) is 4.79 Å². The third-order valence-electron chi connectivity index (χ3n) is 3.89. The van der Waals surface area contributed by atoms with Crippen LogP contribution in [0.5, 0.6) is 0 Å². The van der Waals surface area contributed by atoms with Gasteiger partial charge in [0.05, 0.1) is 17.1 Å². The van der Waals surface area contributed by atoms with Gasteiger partial charge in [0.25, 0.3) is 5.56 Å². The van der Waals surface area contributed by atoms with E-state index in [1.807, 2.05) is 36.4 Å². The summed E-state index contributed by atoms with van der Waals surface area (Å²) >= 11 is 4.18. The van der Waals surface area contributed by atoms with Gasteiger partial charge in [-0.05, 0) is 11.6 Å². The fourth-order valence-electron chi connectivity index (χ4n) is 2.76. The molecular weight excluding hydrogens is 308 g/mol. The van der Waals surface area contributed by atoms with Crippen molar-refractivity contribution in [2.24, 2.45) is 0 Å². The summed E-state index contributed by atoms with van der Waals surface area (Å²) in [4.78, 5) is 17.0. The van der Waals surface area contributed by atoms with E-state index in [2.05, 4.69) is 22.7 Å². The summed E-state index contributed by atoms with van der Waals surface area (Å²) < 4.78 is 3.37. The Morgan fingerprint density at radius 2 is 1.91 bits per heavy atom. The second-order valence-corrected chi connectivity index (χ2v) is 5.70. The van der Waals surface area contributed by atoms with Crippen LogP contribution >= 0.6 is 12.6 Å². The van der Waals surface area contributed by atoms with Crippen LogP contribution in [0.4, 0.5) is 0 Å². The van der Waals surface area contributed by atoms with Gasteiger partial charge in [-0.1, -0.05) is 30.3 Å². The molecule has 0 radical (unpaired) electrons. The zero-order chi connectivity index (χ0) is 15.8. The summed E-state index contributed by atoms with van der Waals surface area (Å²) in [6, 6.07) is 11.9. The number of benzene rings is 1. The zero-order valence-corrected chi connectivity index (χ0v) is 13.1. The van der Waals surface area contributed by atoms with Crippen molar-refractivity contribution in [3.05, 3.63) is 65.3 Å². The molecule has 0 amide bonds. The predicted molar refractivity (Wildman–Crippen MR) is 94.0 cm³/mol. The minimum atomic E-state index is -0.0669. The summed E-state index contributed by atoms with van der Waals surface area (Å²) in [5.41, 5.74) is 3.44. The van der Waals surface area contributed by atoms with Crippen LogP contribution in [-0.2, 0) is 6.54 Å². The maximum absolute atomic E-state index is 12.5. The molecule has 0 saturated heterocycles. The first-order chi connectivity index (χ1) is 11.3. The Bertz CT molecular complexity index is 1050. The van der Waals surface area contributed by atoms with E-state index in [1.54, 1.807) is 27.7 Å². The molecule has 114 valence electrons. The lowest BCUT2D eigenvalue weighted by Crippen LogP contribution is -2.21. The first kappa shape index (κ1) is 14.0. The molecule has 0 bridgehead atoms. The number of aryl methyl sites for hydroxylation is 1. The molecule has 6 heteroatoms. The number of fused-ring (bicyclic) bond motifs is 3. The van der Waals surface area contributed by atoms with E-state index in [0.29, 0.717) is 17.7 Å². The highest BCUT2D eigenvalue weighted by atomic mass is 32.1. The molecule has 0 saturated carbocycles. The van der Waals surface area contributed by atoms with Crippen LogP contribution in [0.3, 0.4) is 0 Å². The molecular formula is C17H14N4OS. The Kier molecular flexibility index (Phi) is 3.38. The Hall–Kier alpha value is -2.60. The predicted octanol–water partition coefficient (Wildman–Crippen LogP) is 2.64. The summed E-state index contributed by atoms with van der Waals surface area (Å²) in [7, 11) is 0. The lowest BCUT2D eigenvalue weighted by Gasteiger charge is -2.06. The molecule has 4 rings (SSSR count). The van der Waals surface area contributed by atoms with Gasteiger partial charge >= 0.3 is 0 Å². The van der Waals surface area contributed by atoms with Crippen molar-refractivity contribution in [2.45, 2.75) is 6.54 Å². The van der Waals surface area contributed by atoms with Gasteiger partial charge in [-0.15, -0.1) is 0 Å². The van der Waals surface area contributed by atoms with E-state index in [9.17, 15) is 4.79 Å². The normalized spacial score (nSPS) is 11.3. The monoisotopic (exact) mass is 322 g/mol. The van der Waals surface area contributed by atoms with Gasteiger partial charge < -0.3 is 4.57 Å². The number of hydrogen-bond acceptors (Lipinski definition) is 4. The molecule has 3 aromatic heterocycles. The molecule has 0 aliphatic heterocycles. The highest BCUT2D eigenvalue weighted by Gasteiger charge is 2.12. The molecule has 0 spiro atoms. The van der Waals surface area contributed by atoms with Crippen molar-refractivity contribution < 1.29 is 0 Å². The number of thiol groups is 1. The maximum atomic E-state index is 12.5. The van der Waals surface area contributed by atoms with Crippen molar-refractivity contribution >= 4 is 29.2 Å². The summed E-state index contributed by atoms with van der Waals surface area (Å²) in [6.07, 6.45) is 5.21. The molecule has 23 heavy (non-hydrogen) atoms. The minimum Gasteiger partial charge on any atom is -0.314 e. The third kappa shape index (κ3) is 2.22. The Labute approximate surface area is 137 Å². The van der Waals surface area contributed by atoms with Crippen LogP contribution < -0.4 is 5.56 Å². The summed E-state index contributed by atoms with van der Waals surface area (Å²) in [6.45, 7) is 0.574. The van der Waals surface area contributed by atoms with Gasteiger partial charge in [0.2, 0.25) is 0 Å². The second kappa shape index (κ2) is 5.55. The summed E-state index contributed by atoms with van der Waals surface area (Å²) in [5, 5.41) is 4.99. The number of nitrogens with zero attached hydrogens (tertiary/aromatic N) is 4. The number of pyridine rings is 1. The lowest BCUT2D eigenvalue weighted by molar-refractivity contribution is 0.742. The lowest BCUT2D eigenvalue weighted by atomic mass is 10.1. The number of hydrogen-bond donors (Lipinski definition) is 1. The Morgan fingerprint density at radius 3 is 2.70 bits per heavy atom. The number of aromatic nitrogens is 4. The molecule has 0 fully saturated rings. The van der Waals surface area contributed by atoms with E-state index in [1.165, 1.54) is 0 Å². The Balaban J connectivity index is 1.99. The Morgan fingerprint density at radius 1 is 1.09 bits per heavy atom. The molecule has 0 atom stereocenters. The standard InChI is InChI=1S/C17H14N4OS/c22-17-14-10-18-16-13(12-4-2-1-3-5-12)11-19-21(16)15(14)6-7-20(17)8-9-23/h1-7,10-11,23H,8-9H2. The minimum absolute atomic E-state index is 0.0669. The average molecular weight is 322 g/mol. The van der Waals surface area contributed by atoms with E-state index in [0.717, 1.165) is 22.3 Å². The smallest absolute Gasteiger partial charge is 0.261 e. The fourth-order valence-corrected chi connectivity index (χ4v) is 2.98. The molecule has 0 N–H and O–H groups in total. The van der Waals surface area contributed by atoms with Crippen molar-refractivity contribution in [2.75, 3.05) is 5.75 Å². The van der Waals surface area contributed by atoms with E-state index >= 15 is 0 Å². The second-order valence-electron chi connectivity index (χ2n) is 5.25.